The van der Waals surface area contributed by atoms with Crippen molar-refractivity contribution in [3.05, 3.63) is 29.6 Å². The summed E-state index contributed by atoms with van der Waals surface area (Å²) in [5.41, 5.74) is 0.405. The van der Waals surface area contributed by atoms with Crippen LogP contribution in [0, 0.1) is 17.2 Å². The number of hydrogen-bond donors (Lipinski definition) is 1. The Balaban J connectivity index is 1.67. The number of carboxylic acids is 1. The predicted molar refractivity (Wildman–Crippen MR) is 81.5 cm³/mol. The molecule has 1 saturated carbocycles. The van der Waals surface area contributed by atoms with Crippen molar-refractivity contribution < 1.29 is 19.1 Å². The normalized spacial score (nSPS) is 22.6. The summed E-state index contributed by atoms with van der Waals surface area (Å²) >= 11 is 1.28. The molecule has 2 fully saturated rings. The van der Waals surface area contributed by atoms with Crippen LogP contribution in [0.25, 0.3) is 0 Å². The molecule has 0 bridgehead atoms. The van der Waals surface area contributed by atoms with Crippen molar-refractivity contribution in [2.45, 2.75) is 24.2 Å². The van der Waals surface area contributed by atoms with Gasteiger partial charge in [-0.2, -0.15) is 0 Å². The average molecular weight is 323 g/mol. The average Bonchev–Trinajstić information content (AvgIpc) is 3.22. The smallest absolute Gasteiger partial charge is 0.307 e. The summed E-state index contributed by atoms with van der Waals surface area (Å²) in [4.78, 5) is 25.8. The molecular weight excluding hydrogens is 305 g/mol. The van der Waals surface area contributed by atoms with Gasteiger partial charge in [0.1, 0.15) is 5.82 Å². The number of likely N-dealkylation sites (tertiary alicyclic amines) is 1. The van der Waals surface area contributed by atoms with Crippen molar-refractivity contribution in [1.29, 1.82) is 0 Å². The summed E-state index contributed by atoms with van der Waals surface area (Å²) < 4.78 is 13.5. The number of carbonyl (C=O) groups is 2. The number of carbonyl (C=O) groups excluding carboxylic acids is 1. The number of benzene rings is 1. The zero-order valence-corrected chi connectivity index (χ0v) is 13.2. The van der Waals surface area contributed by atoms with Crippen LogP contribution >= 0.6 is 11.8 Å². The van der Waals surface area contributed by atoms with Gasteiger partial charge in [-0.1, -0.05) is 0 Å². The van der Waals surface area contributed by atoms with E-state index in [-0.39, 0.29) is 23.1 Å². The fraction of sp³-hybridized carbons (Fsp3) is 0.500. The molecule has 4 nitrogen and oxygen atoms in total. The van der Waals surface area contributed by atoms with Crippen LogP contribution in [0.3, 0.4) is 0 Å². The Labute approximate surface area is 132 Å². The molecule has 1 aliphatic carbocycles. The number of thioether (sulfide) groups is 1. The lowest BCUT2D eigenvalue weighted by Gasteiger charge is -2.32. The van der Waals surface area contributed by atoms with Crippen molar-refractivity contribution >= 4 is 23.6 Å². The molecule has 1 saturated heterocycles. The highest BCUT2D eigenvalue weighted by Crippen LogP contribution is 2.59. The van der Waals surface area contributed by atoms with Gasteiger partial charge >= 0.3 is 5.97 Å². The van der Waals surface area contributed by atoms with Crippen LogP contribution < -0.4 is 0 Å². The Morgan fingerprint density at radius 1 is 1.36 bits per heavy atom. The number of aliphatic carboxylic acids is 1. The van der Waals surface area contributed by atoms with E-state index in [9.17, 15) is 14.0 Å². The molecular formula is C16H18FNO3S. The van der Waals surface area contributed by atoms with Gasteiger partial charge in [0.25, 0.3) is 5.91 Å². The predicted octanol–water partition coefficient (Wildman–Crippen LogP) is 2.87. The molecule has 1 unspecified atom stereocenters. The number of amides is 1. The Morgan fingerprint density at radius 3 is 2.59 bits per heavy atom. The third kappa shape index (κ3) is 2.60. The van der Waals surface area contributed by atoms with Crippen LogP contribution in [0.15, 0.2) is 23.1 Å². The molecule has 3 rings (SSSR count). The van der Waals surface area contributed by atoms with Gasteiger partial charge in [-0.15, -0.1) is 11.8 Å². The molecule has 1 heterocycles. The molecule has 118 valence electrons. The molecule has 22 heavy (non-hydrogen) atoms. The molecule has 6 heteroatoms. The van der Waals surface area contributed by atoms with Crippen molar-refractivity contribution in [2.24, 2.45) is 11.3 Å². The summed E-state index contributed by atoms with van der Waals surface area (Å²) in [5, 5.41) is 9.09. The van der Waals surface area contributed by atoms with Crippen LogP contribution in [-0.2, 0) is 4.79 Å². The molecule has 2 aliphatic rings. The first-order chi connectivity index (χ1) is 10.5. The summed E-state index contributed by atoms with van der Waals surface area (Å²) in [7, 11) is 0. The molecule has 1 N–H and O–H groups in total. The Kier molecular flexibility index (Phi) is 3.89. The van der Waals surface area contributed by atoms with Gasteiger partial charge in [0.05, 0.1) is 5.92 Å². The Bertz CT molecular complexity index is 626. The SMILES string of the molecule is CSc1cc(C(=O)N2CCC3(CC2)CC3C(=O)O)ccc1F. The van der Waals surface area contributed by atoms with Crippen LogP contribution in [0.4, 0.5) is 4.39 Å². The van der Waals surface area contributed by atoms with Gasteiger partial charge in [-0.3, -0.25) is 9.59 Å². The topological polar surface area (TPSA) is 57.6 Å². The van der Waals surface area contributed by atoms with Gasteiger partial charge in [-0.05, 0) is 49.1 Å². The molecule has 0 aromatic heterocycles. The first-order valence-electron chi connectivity index (χ1n) is 7.32. The second-order valence-corrected chi connectivity index (χ2v) is 6.95. The monoisotopic (exact) mass is 323 g/mol. The van der Waals surface area contributed by atoms with Gasteiger partial charge in [0.2, 0.25) is 0 Å². The van der Waals surface area contributed by atoms with Crippen molar-refractivity contribution in [3.63, 3.8) is 0 Å². The zero-order chi connectivity index (χ0) is 15.9. The van der Waals surface area contributed by atoms with Gasteiger partial charge in [0.15, 0.2) is 0 Å². The van der Waals surface area contributed by atoms with Gasteiger partial charge in [0, 0.05) is 23.5 Å². The lowest BCUT2D eigenvalue weighted by molar-refractivity contribution is -0.139. The van der Waals surface area contributed by atoms with E-state index in [2.05, 4.69) is 0 Å². The Hall–Kier alpha value is -1.56. The summed E-state index contributed by atoms with van der Waals surface area (Å²) in [6.45, 7) is 1.16. The molecule has 0 radical (unpaired) electrons. The van der Waals surface area contributed by atoms with E-state index < -0.39 is 5.97 Å². The standard InChI is InChI=1S/C16H18FNO3S/c1-22-13-8-10(2-3-12(13)17)14(19)18-6-4-16(5-7-18)9-11(16)15(20)21/h2-3,8,11H,4-7,9H2,1H3,(H,20,21). The minimum Gasteiger partial charge on any atom is -0.481 e. The lowest BCUT2D eigenvalue weighted by atomic mass is 9.90. The maximum atomic E-state index is 13.5. The maximum Gasteiger partial charge on any atom is 0.307 e. The van der Waals surface area contributed by atoms with Crippen LogP contribution in [0.1, 0.15) is 29.6 Å². The molecule has 1 atom stereocenters. The fourth-order valence-corrected chi connectivity index (χ4v) is 3.89. The van der Waals surface area contributed by atoms with Gasteiger partial charge in [-0.25, -0.2) is 4.39 Å². The van der Waals surface area contributed by atoms with Crippen LogP contribution in [0.5, 0.6) is 0 Å². The molecule has 1 amide bonds. The summed E-state index contributed by atoms with van der Waals surface area (Å²) in [6.07, 6.45) is 3.99. The van der Waals surface area contributed by atoms with E-state index in [4.69, 9.17) is 5.11 Å². The Morgan fingerprint density at radius 2 is 2.05 bits per heavy atom. The van der Waals surface area contributed by atoms with E-state index in [0.717, 1.165) is 19.3 Å². The maximum absolute atomic E-state index is 13.5. The second-order valence-electron chi connectivity index (χ2n) is 6.10. The van der Waals surface area contributed by atoms with E-state index >= 15 is 0 Å². The number of hydrogen-bond acceptors (Lipinski definition) is 3. The first-order valence-corrected chi connectivity index (χ1v) is 8.55. The number of rotatable bonds is 3. The zero-order valence-electron chi connectivity index (χ0n) is 12.3. The number of carboxylic acid groups (broad SMARTS) is 1. The highest BCUT2D eigenvalue weighted by Gasteiger charge is 2.59. The van der Waals surface area contributed by atoms with Crippen LogP contribution in [-0.4, -0.2) is 41.2 Å². The number of piperidine rings is 1. The van der Waals surface area contributed by atoms with Crippen LogP contribution in [0.2, 0.25) is 0 Å². The quantitative estimate of drug-likeness (QED) is 0.869. The number of halogens is 1. The van der Waals surface area contributed by atoms with E-state index in [1.807, 2.05) is 0 Å². The van der Waals surface area contributed by atoms with E-state index in [1.165, 1.54) is 23.9 Å². The van der Waals surface area contributed by atoms with Gasteiger partial charge < -0.3 is 10.0 Å². The lowest BCUT2D eigenvalue weighted by Crippen LogP contribution is -2.40. The molecule has 1 spiro atoms. The number of nitrogens with zero attached hydrogens (tertiary/aromatic N) is 1. The minimum absolute atomic E-state index is 0.0875. The molecule has 1 aromatic rings. The fourth-order valence-electron chi connectivity index (χ4n) is 3.38. The summed E-state index contributed by atoms with van der Waals surface area (Å²) in [6, 6.07) is 4.43. The highest BCUT2D eigenvalue weighted by molar-refractivity contribution is 7.98. The van der Waals surface area contributed by atoms with Crippen molar-refractivity contribution in [3.8, 4) is 0 Å². The van der Waals surface area contributed by atoms with E-state index in [1.54, 1.807) is 17.2 Å². The minimum atomic E-state index is -0.720. The second kappa shape index (κ2) is 5.57. The van der Waals surface area contributed by atoms with E-state index in [0.29, 0.717) is 23.5 Å². The highest BCUT2D eigenvalue weighted by atomic mass is 32.2. The van der Waals surface area contributed by atoms with Crippen molar-refractivity contribution in [1.82, 2.24) is 4.90 Å². The third-order valence-electron chi connectivity index (χ3n) is 4.93. The molecule has 1 aliphatic heterocycles. The largest absolute Gasteiger partial charge is 0.481 e. The first kappa shape index (κ1) is 15.3. The third-order valence-corrected chi connectivity index (χ3v) is 5.69. The van der Waals surface area contributed by atoms with Crippen molar-refractivity contribution in [2.75, 3.05) is 19.3 Å². The summed E-state index contributed by atoms with van der Waals surface area (Å²) in [5.74, 6) is -1.37. The molecule has 1 aromatic carbocycles.